The van der Waals surface area contributed by atoms with Gasteiger partial charge < -0.3 is 20.5 Å². The zero-order chi connectivity index (χ0) is 20.7. The van der Waals surface area contributed by atoms with Crippen molar-refractivity contribution in [2.45, 2.75) is 50.9 Å². The number of hydrogen-bond acceptors (Lipinski definition) is 4. The van der Waals surface area contributed by atoms with Gasteiger partial charge in [-0.1, -0.05) is 23.7 Å². The van der Waals surface area contributed by atoms with Gasteiger partial charge in [0.2, 0.25) is 0 Å². The number of aromatic nitrogens is 2. The van der Waals surface area contributed by atoms with E-state index in [0.717, 1.165) is 22.7 Å². The average molecular weight is 420 g/mol. The summed E-state index contributed by atoms with van der Waals surface area (Å²) in [6.07, 6.45) is 0.884. The van der Waals surface area contributed by atoms with Crippen molar-refractivity contribution < 1.29 is 14.6 Å². The normalized spacial score (nSPS) is 20.0. The molecule has 4 rings (SSSR count). The molecule has 4 N–H and O–H groups in total. The molecule has 8 heteroatoms. The second-order valence-corrected chi connectivity index (χ2v) is 8.07. The fourth-order valence-corrected chi connectivity index (χ4v) is 4.37. The van der Waals surface area contributed by atoms with Crippen molar-refractivity contribution in [3.8, 4) is 5.75 Å². The standard InChI is InChI=1S/C21H23ClFN3O3/c1-11(5-6-12-9-13(23)10-15(22)19(12)27)24-17-7-8-26-18-14(20(17)28)3-2-4-16(18)25-21(26)29/h2-4,9-11,17,20,24,27-28H,5-8H2,1H3,(H,25,29). The van der Waals surface area contributed by atoms with Crippen LogP contribution in [0.1, 0.15) is 37.0 Å². The molecule has 2 aromatic carbocycles. The predicted octanol–water partition coefficient (Wildman–Crippen LogP) is 3.24. The Hall–Kier alpha value is -2.35. The van der Waals surface area contributed by atoms with Gasteiger partial charge in [-0.05, 0) is 49.9 Å². The molecule has 0 aliphatic carbocycles. The molecular formula is C21H23ClFN3O3. The molecule has 0 bridgehead atoms. The van der Waals surface area contributed by atoms with Gasteiger partial charge in [-0.25, -0.2) is 9.18 Å². The number of benzene rings is 2. The Morgan fingerprint density at radius 2 is 2.21 bits per heavy atom. The first kappa shape index (κ1) is 19.9. The third kappa shape index (κ3) is 3.77. The van der Waals surface area contributed by atoms with Gasteiger partial charge in [0.05, 0.1) is 22.2 Å². The monoisotopic (exact) mass is 419 g/mol. The Morgan fingerprint density at radius 1 is 1.41 bits per heavy atom. The Labute approximate surface area is 171 Å². The molecule has 0 saturated heterocycles. The molecule has 0 saturated carbocycles. The molecule has 0 radical (unpaired) electrons. The number of nitrogens with one attached hydrogen (secondary N) is 2. The molecule has 3 atom stereocenters. The zero-order valence-corrected chi connectivity index (χ0v) is 16.7. The van der Waals surface area contributed by atoms with Crippen molar-refractivity contribution >= 4 is 22.6 Å². The van der Waals surface area contributed by atoms with Gasteiger partial charge in [0.15, 0.2) is 0 Å². The van der Waals surface area contributed by atoms with E-state index in [2.05, 4.69) is 10.3 Å². The lowest BCUT2D eigenvalue weighted by Crippen LogP contribution is -2.41. The number of aliphatic hydroxyl groups excluding tert-OH is 1. The maximum absolute atomic E-state index is 13.6. The van der Waals surface area contributed by atoms with E-state index in [1.54, 1.807) is 4.57 Å². The number of imidazole rings is 1. The number of aliphatic hydroxyl groups is 1. The zero-order valence-electron chi connectivity index (χ0n) is 16.0. The summed E-state index contributed by atoms with van der Waals surface area (Å²) in [6.45, 7) is 2.47. The number of phenols is 1. The lowest BCUT2D eigenvalue weighted by molar-refractivity contribution is 0.119. The second kappa shape index (κ2) is 7.82. The Balaban J connectivity index is 1.48. The van der Waals surface area contributed by atoms with Crippen LogP contribution in [0.2, 0.25) is 5.02 Å². The van der Waals surface area contributed by atoms with Crippen LogP contribution in [0.4, 0.5) is 4.39 Å². The van der Waals surface area contributed by atoms with E-state index in [-0.39, 0.29) is 28.5 Å². The number of H-pyrrole nitrogens is 1. The average Bonchev–Trinajstić information content (AvgIpc) is 2.93. The van der Waals surface area contributed by atoms with E-state index in [1.165, 1.54) is 6.07 Å². The topological polar surface area (TPSA) is 90.3 Å². The molecule has 6 nitrogen and oxygen atoms in total. The molecule has 29 heavy (non-hydrogen) atoms. The minimum atomic E-state index is -0.762. The van der Waals surface area contributed by atoms with Crippen molar-refractivity contribution in [2.75, 3.05) is 0 Å². The van der Waals surface area contributed by atoms with Crippen molar-refractivity contribution in [1.29, 1.82) is 0 Å². The van der Waals surface area contributed by atoms with Crippen molar-refractivity contribution in [3.63, 3.8) is 0 Å². The Bertz CT molecular complexity index is 1110. The summed E-state index contributed by atoms with van der Waals surface area (Å²) >= 11 is 5.84. The summed E-state index contributed by atoms with van der Waals surface area (Å²) in [7, 11) is 0. The highest BCUT2D eigenvalue weighted by Crippen LogP contribution is 2.31. The summed E-state index contributed by atoms with van der Waals surface area (Å²) < 4.78 is 15.2. The predicted molar refractivity (Wildman–Crippen MR) is 110 cm³/mol. The smallest absolute Gasteiger partial charge is 0.326 e. The first-order valence-electron chi connectivity index (χ1n) is 9.67. The number of aromatic amines is 1. The van der Waals surface area contributed by atoms with Gasteiger partial charge in [0.1, 0.15) is 11.6 Å². The number of nitrogens with zero attached hydrogens (tertiary/aromatic N) is 1. The summed E-state index contributed by atoms with van der Waals surface area (Å²) in [5.41, 5.74) is 2.47. The van der Waals surface area contributed by atoms with Gasteiger partial charge in [-0.15, -0.1) is 0 Å². The van der Waals surface area contributed by atoms with E-state index < -0.39 is 11.9 Å². The Kier molecular flexibility index (Phi) is 5.38. The van der Waals surface area contributed by atoms with Crippen molar-refractivity contribution in [3.05, 3.63) is 62.8 Å². The van der Waals surface area contributed by atoms with Crippen LogP contribution in [0.5, 0.6) is 5.75 Å². The summed E-state index contributed by atoms with van der Waals surface area (Å²) in [4.78, 5) is 15.1. The molecule has 1 aliphatic heterocycles. The quantitative estimate of drug-likeness (QED) is 0.511. The van der Waals surface area contributed by atoms with Gasteiger partial charge in [0.25, 0.3) is 0 Å². The highest BCUT2D eigenvalue weighted by molar-refractivity contribution is 6.32. The maximum atomic E-state index is 13.6. The van der Waals surface area contributed by atoms with E-state index in [1.807, 2.05) is 25.1 Å². The van der Waals surface area contributed by atoms with Crippen LogP contribution in [-0.2, 0) is 13.0 Å². The molecule has 0 spiro atoms. The summed E-state index contributed by atoms with van der Waals surface area (Å²) in [5, 5.41) is 24.4. The number of rotatable bonds is 5. The van der Waals surface area contributed by atoms with Crippen LogP contribution in [0, 0.1) is 5.82 Å². The second-order valence-electron chi connectivity index (χ2n) is 7.67. The van der Waals surface area contributed by atoms with E-state index in [9.17, 15) is 19.4 Å². The van der Waals surface area contributed by atoms with Crippen LogP contribution < -0.4 is 11.0 Å². The van der Waals surface area contributed by atoms with Gasteiger partial charge >= 0.3 is 5.69 Å². The molecule has 3 unspecified atom stereocenters. The maximum Gasteiger partial charge on any atom is 0.326 e. The molecular weight excluding hydrogens is 397 g/mol. The number of aromatic hydroxyl groups is 1. The first-order valence-corrected chi connectivity index (χ1v) is 10.1. The fraction of sp³-hybridized carbons (Fsp3) is 0.381. The van der Waals surface area contributed by atoms with E-state index >= 15 is 0 Å². The molecule has 3 aromatic rings. The number of hydrogen-bond donors (Lipinski definition) is 4. The highest BCUT2D eigenvalue weighted by atomic mass is 35.5. The van der Waals surface area contributed by atoms with E-state index in [4.69, 9.17) is 11.6 Å². The lowest BCUT2D eigenvalue weighted by atomic mass is 9.98. The molecule has 1 aromatic heterocycles. The van der Waals surface area contributed by atoms with Gasteiger partial charge in [-0.2, -0.15) is 0 Å². The van der Waals surface area contributed by atoms with Crippen molar-refractivity contribution in [1.82, 2.24) is 14.9 Å². The number of aryl methyl sites for hydroxylation is 2. The summed E-state index contributed by atoms with van der Waals surface area (Å²) in [5.74, 6) is -0.581. The molecule has 154 valence electrons. The van der Waals surface area contributed by atoms with E-state index in [0.29, 0.717) is 31.4 Å². The largest absolute Gasteiger partial charge is 0.506 e. The highest BCUT2D eigenvalue weighted by Gasteiger charge is 2.29. The minimum absolute atomic E-state index is 0.0000357. The number of phenolic OH excluding ortho intramolecular Hbond substituents is 1. The SMILES string of the molecule is CC(CCc1cc(F)cc(Cl)c1O)NC1CCn2c(=O)[nH]c3cccc(c32)C1O. The summed E-state index contributed by atoms with van der Waals surface area (Å²) in [6, 6.07) is 7.62. The minimum Gasteiger partial charge on any atom is -0.506 e. The van der Waals surface area contributed by atoms with Crippen molar-refractivity contribution in [2.24, 2.45) is 0 Å². The van der Waals surface area contributed by atoms with Crippen LogP contribution in [0.15, 0.2) is 35.1 Å². The fourth-order valence-electron chi connectivity index (χ4n) is 4.15. The number of halogens is 2. The van der Waals surface area contributed by atoms with Crippen LogP contribution in [0.3, 0.4) is 0 Å². The molecule has 0 fully saturated rings. The van der Waals surface area contributed by atoms with Gasteiger partial charge in [-0.3, -0.25) is 4.57 Å². The van der Waals surface area contributed by atoms with Gasteiger partial charge in [0, 0.05) is 24.2 Å². The van der Waals surface area contributed by atoms with Crippen LogP contribution in [0.25, 0.3) is 11.0 Å². The first-order chi connectivity index (χ1) is 13.8. The number of para-hydroxylation sites is 1. The molecule has 1 aliphatic rings. The molecule has 0 amide bonds. The third-order valence-corrected chi connectivity index (χ3v) is 5.93. The molecule has 2 heterocycles. The van der Waals surface area contributed by atoms with Crippen LogP contribution >= 0.6 is 11.6 Å². The van der Waals surface area contributed by atoms with Crippen LogP contribution in [-0.4, -0.2) is 31.8 Å². The third-order valence-electron chi connectivity index (χ3n) is 5.64. The lowest BCUT2D eigenvalue weighted by Gasteiger charge is -2.26. The Morgan fingerprint density at radius 3 is 3.00 bits per heavy atom.